The molecule has 4 nitrogen and oxygen atoms in total. The number of hydrogen-bond acceptors (Lipinski definition) is 4. The second-order valence-electron chi connectivity index (χ2n) is 4.08. The molecular formula is C9H13FO4. The molecule has 0 spiro atoms. The number of ether oxygens (including phenoxy) is 3. The van der Waals surface area contributed by atoms with E-state index in [1.807, 2.05) is 0 Å². The Kier molecular flexibility index (Phi) is 2.13. The van der Waals surface area contributed by atoms with Crippen LogP contribution in [0.5, 0.6) is 0 Å². The van der Waals surface area contributed by atoms with Gasteiger partial charge in [-0.15, -0.1) is 0 Å². The molecule has 0 radical (unpaired) electrons. The van der Waals surface area contributed by atoms with Crippen LogP contribution in [0, 0.1) is 0 Å². The first kappa shape index (κ1) is 10.0. The van der Waals surface area contributed by atoms with Crippen LogP contribution in [-0.4, -0.2) is 36.2 Å². The number of halogens is 1. The van der Waals surface area contributed by atoms with E-state index in [0.29, 0.717) is 0 Å². The third-order valence-corrected chi connectivity index (χ3v) is 2.37. The van der Waals surface area contributed by atoms with E-state index in [4.69, 9.17) is 14.2 Å². The summed E-state index contributed by atoms with van der Waals surface area (Å²) in [5.41, 5.74) is 0. The van der Waals surface area contributed by atoms with Crippen LogP contribution in [0.3, 0.4) is 0 Å². The largest absolute Gasteiger partial charge is 0.339 e. The van der Waals surface area contributed by atoms with E-state index in [9.17, 15) is 9.18 Å². The maximum absolute atomic E-state index is 13.6. The number of Topliss-reactive ketones (excluding diaryl/α,β-unsaturated/α-hetero) is 1. The highest BCUT2D eigenvalue weighted by atomic mass is 19.1. The fraction of sp³-hybridized carbons (Fsp3) is 0.889. The molecule has 0 N–H and O–H groups in total. The predicted octanol–water partition coefficient (Wildman–Crippen LogP) is 0.790. The van der Waals surface area contributed by atoms with E-state index in [1.54, 1.807) is 13.8 Å². The molecule has 4 atom stereocenters. The van der Waals surface area contributed by atoms with Crippen LogP contribution in [0.25, 0.3) is 0 Å². The summed E-state index contributed by atoms with van der Waals surface area (Å²) in [6, 6.07) is 0. The zero-order valence-electron chi connectivity index (χ0n) is 8.32. The van der Waals surface area contributed by atoms with Crippen LogP contribution in [0.2, 0.25) is 0 Å². The number of ketones is 1. The van der Waals surface area contributed by atoms with Crippen LogP contribution >= 0.6 is 0 Å². The van der Waals surface area contributed by atoms with Gasteiger partial charge in [-0.3, -0.25) is 4.79 Å². The molecule has 2 aliphatic rings. The topological polar surface area (TPSA) is 44.8 Å². The van der Waals surface area contributed by atoms with Gasteiger partial charge in [-0.1, -0.05) is 0 Å². The maximum atomic E-state index is 13.6. The first-order valence-corrected chi connectivity index (χ1v) is 4.56. The van der Waals surface area contributed by atoms with E-state index in [2.05, 4.69) is 0 Å². The van der Waals surface area contributed by atoms with Crippen molar-refractivity contribution in [3.63, 3.8) is 0 Å². The minimum atomic E-state index is -1.43. The lowest BCUT2D eigenvalue weighted by atomic mass is 10.1. The molecule has 0 unspecified atom stereocenters. The lowest BCUT2D eigenvalue weighted by Gasteiger charge is -2.20. The van der Waals surface area contributed by atoms with Crippen LogP contribution in [0.15, 0.2) is 0 Å². The van der Waals surface area contributed by atoms with Crippen LogP contribution < -0.4 is 0 Å². The lowest BCUT2D eigenvalue weighted by Crippen LogP contribution is -2.34. The molecule has 2 rings (SSSR count). The van der Waals surface area contributed by atoms with Gasteiger partial charge in [0.05, 0.1) is 0 Å². The normalized spacial score (nSPS) is 45.1. The first-order valence-electron chi connectivity index (χ1n) is 4.56. The molecule has 2 heterocycles. The van der Waals surface area contributed by atoms with Crippen LogP contribution in [0.1, 0.15) is 20.8 Å². The van der Waals surface area contributed by atoms with Gasteiger partial charge in [0, 0.05) is 0 Å². The van der Waals surface area contributed by atoms with Gasteiger partial charge in [0.15, 0.2) is 30.1 Å². The monoisotopic (exact) mass is 204 g/mol. The molecular weight excluding hydrogens is 191 g/mol. The van der Waals surface area contributed by atoms with Crippen molar-refractivity contribution in [3.05, 3.63) is 0 Å². The van der Waals surface area contributed by atoms with E-state index in [1.165, 1.54) is 6.92 Å². The number of alkyl halides is 1. The summed E-state index contributed by atoms with van der Waals surface area (Å²) in [4.78, 5) is 11.0. The maximum Gasteiger partial charge on any atom is 0.191 e. The third kappa shape index (κ3) is 1.45. The summed E-state index contributed by atoms with van der Waals surface area (Å²) in [6.45, 7) is 4.66. The Morgan fingerprint density at radius 2 is 2.00 bits per heavy atom. The Morgan fingerprint density at radius 1 is 1.36 bits per heavy atom. The van der Waals surface area contributed by atoms with Crippen LogP contribution in [-0.2, 0) is 19.0 Å². The van der Waals surface area contributed by atoms with Crippen molar-refractivity contribution in [1.82, 2.24) is 0 Å². The zero-order chi connectivity index (χ0) is 10.5. The van der Waals surface area contributed by atoms with Gasteiger partial charge in [-0.25, -0.2) is 4.39 Å². The summed E-state index contributed by atoms with van der Waals surface area (Å²) < 4.78 is 29.3. The Hall–Kier alpha value is -0.520. The molecule has 0 saturated carbocycles. The Labute approximate surface area is 81.3 Å². The van der Waals surface area contributed by atoms with Gasteiger partial charge in [-0.2, -0.15) is 0 Å². The van der Waals surface area contributed by atoms with Crippen molar-refractivity contribution in [2.24, 2.45) is 0 Å². The number of rotatable bonds is 1. The molecule has 2 saturated heterocycles. The number of carbonyl (C=O) groups excluding carboxylic acids is 1. The second-order valence-corrected chi connectivity index (χ2v) is 4.08. The number of fused-ring (bicyclic) bond motifs is 1. The van der Waals surface area contributed by atoms with Gasteiger partial charge < -0.3 is 14.2 Å². The molecule has 80 valence electrons. The van der Waals surface area contributed by atoms with Crippen LogP contribution in [0.4, 0.5) is 4.39 Å². The average Bonchev–Trinajstić information content (AvgIpc) is 2.46. The molecule has 0 aromatic rings. The highest BCUT2D eigenvalue weighted by Crippen LogP contribution is 2.38. The fourth-order valence-electron chi connectivity index (χ4n) is 1.79. The molecule has 5 heteroatoms. The number of hydrogen-bond donors (Lipinski definition) is 0. The Balaban J connectivity index is 2.11. The standard InChI is InChI=1S/C9H13FO4/c1-4(11)6-5(10)7-8(12-6)14-9(2,3)13-7/h5-8H,1-3H3/t5-,6+,7+,8+/m0/s1. The smallest absolute Gasteiger partial charge is 0.191 e. The molecule has 0 aliphatic carbocycles. The quantitative estimate of drug-likeness (QED) is 0.633. The van der Waals surface area contributed by atoms with Gasteiger partial charge in [0.1, 0.15) is 6.10 Å². The average molecular weight is 204 g/mol. The number of carbonyl (C=O) groups is 1. The summed E-state index contributed by atoms with van der Waals surface area (Å²) >= 11 is 0. The summed E-state index contributed by atoms with van der Waals surface area (Å²) in [5, 5.41) is 0. The SMILES string of the molecule is CC(=O)[C@H]1O[C@@H]2OC(C)(C)O[C@@H]2[C@H]1F. The lowest BCUT2D eigenvalue weighted by molar-refractivity contribution is -0.210. The molecule has 0 aromatic heterocycles. The minimum Gasteiger partial charge on any atom is -0.339 e. The highest BCUT2D eigenvalue weighted by Gasteiger charge is 2.56. The van der Waals surface area contributed by atoms with Crippen molar-refractivity contribution in [2.45, 2.75) is 51.2 Å². The van der Waals surface area contributed by atoms with Crippen molar-refractivity contribution in [2.75, 3.05) is 0 Å². The van der Waals surface area contributed by atoms with Crippen molar-refractivity contribution in [3.8, 4) is 0 Å². The van der Waals surface area contributed by atoms with Crippen molar-refractivity contribution < 1.29 is 23.4 Å². The molecule has 14 heavy (non-hydrogen) atoms. The minimum absolute atomic E-state index is 0.336. The van der Waals surface area contributed by atoms with E-state index in [0.717, 1.165) is 0 Å². The first-order chi connectivity index (χ1) is 6.41. The van der Waals surface area contributed by atoms with Gasteiger partial charge >= 0.3 is 0 Å². The Morgan fingerprint density at radius 3 is 2.50 bits per heavy atom. The molecule has 0 amide bonds. The van der Waals surface area contributed by atoms with Gasteiger partial charge in [-0.05, 0) is 20.8 Å². The van der Waals surface area contributed by atoms with E-state index < -0.39 is 30.5 Å². The molecule has 2 fully saturated rings. The second kappa shape index (κ2) is 2.98. The van der Waals surface area contributed by atoms with Crippen molar-refractivity contribution >= 4 is 5.78 Å². The summed E-state index contributed by atoms with van der Waals surface area (Å²) in [7, 11) is 0. The Bertz CT molecular complexity index is 266. The summed E-state index contributed by atoms with van der Waals surface area (Å²) in [6.07, 6.45) is -4.01. The predicted molar refractivity (Wildman–Crippen MR) is 44.3 cm³/mol. The summed E-state index contributed by atoms with van der Waals surface area (Å²) in [5.74, 6) is -1.17. The molecule has 2 aliphatic heterocycles. The fourth-order valence-corrected chi connectivity index (χ4v) is 1.79. The van der Waals surface area contributed by atoms with E-state index in [-0.39, 0.29) is 5.78 Å². The van der Waals surface area contributed by atoms with Crippen molar-refractivity contribution in [1.29, 1.82) is 0 Å². The third-order valence-electron chi connectivity index (χ3n) is 2.37. The molecule has 0 aromatic carbocycles. The highest BCUT2D eigenvalue weighted by molar-refractivity contribution is 5.81. The van der Waals surface area contributed by atoms with E-state index >= 15 is 0 Å². The molecule has 0 bridgehead atoms. The zero-order valence-corrected chi connectivity index (χ0v) is 8.32. The van der Waals surface area contributed by atoms with Gasteiger partial charge in [0.2, 0.25) is 0 Å². The van der Waals surface area contributed by atoms with Gasteiger partial charge in [0.25, 0.3) is 0 Å².